The van der Waals surface area contributed by atoms with Crippen LogP contribution in [0.2, 0.25) is 5.02 Å². The van der Waals surface area contributed by atoms with Crippen molar-refractivity contribution < 1.29 is 18.0 Å². The van der Waals surface area contributed by atoms with Crippen LogP contribution in [0.4, 0.5) is 0 Å². The minimum Gasteiger partial charge on any atom is -0.350 e. The number of halogens is 1. The van der Waals surface area contributed by atoms with Gasteiger partial charge in [-0.25, -0.2) is 8.42 Å². The number of benzene rings is 2. The van der Waals surface area contributed by atoms with Crippen LogP contribution >= 0.6 is 11.6 Å². The van der Waals surface area contributed by atoms with Gasteiger partial charge in [0, 0.05) is 24.7 Å². The molecule has 2 atom stereocenters. The smallest absolute Gasteiger partial charge is 0.243 e. The van der Waals surface area contributed by atoms with Crippen molar-refractivity contribution in [2.75, 3.05) is 13.1 Å². The van der Waals surface area contributed by atoms with Crippen LogP contribution in [0.15, 0.2) is 59.5 Å². The average Bonchev–Trinajstić information content (AvgIpc) is 2.78. The number of sulfonamides is 1. The normalized spacial score (nSPS) is 18.2. The number of rotatable bonds is 7. The van der Waals surface area contributed by atoms with Crippen LogP contribution in [0.1, 0.15) is 25.3 Å². The zero-order chi connectivity index (χ0) is 22.4. The second-order valence-electron chi connectivity index (χ2n) is 7.59. The minimum absolute atomic E-state index is 0.0971. The average molecular weight is 464 g/mol. The van der Waals surface area contributed by atoms with Crippen LogP contribution in [0.25, 0.3) is 0 Å². The highest BCUT2D eigenvalue weighted by Gasteiger charge is 2.34. The molecule has 1 unspecified atom stereocenters. The molecule has 1 aliphatic heterocycles. The molecule has 2 aromatic carbocycles. The fraction of sp³-hybridized carbons (Fsp3) is 0.364. The first-order valence-corrected chi connectivity index (χ1v) is 12.0. The van der Waals surface area contributed by atoms with Crippen molar-refractivity contribution in [3.63, 3.8) is 0 Å². The molecule has 31 heavy (non-hydrogen) atoms. The second-order valence-corrected chi connectivity index (χ2v) is 9.97. The van der Waals surface area contributed by atoms with Crippen molar-refractivity contribution >= 4 is 33.4 Å². The molecule has 0 aliphatic carbocycles. The van der Waals surface area contributed by atoms with Gasteiger partial charge in [0.05, 0.1) is 10.8 Å². The van der Waals surface area contributed by atoms with E-state index in [1.54, 1.807) is 55.5 Å². The van der Waals surface area contributed by atoms with E-state index >= 15 is 0 Å². The first-order chi connectivity index (χ1) is 14.8. The molecule has 1 heterocycles. The van der Waals surface area contributed by atoms with Crippen molar-refractivity contribution in [1.29, 1.82) is 0 Å². The Morgan fingerprint density at radius 2 is 1.90 bits per heavy atom. The van der Waals surface area contributed by atoms with Gasteiger partial charge >= 0.3 is 0 Å². The number of nitrogens with one attached hydrogen (secondary N) is 2. The lowest BCUT2D eigenvalue weighted by molar-refractivity contribution is -0.131. The van der Waals surface area contributed by atoms with Crippen LogP contribution in [0, 0.1) is 5.92 Å². The number of carbonyl (C=O) groups excluding carboxylic acids is 2. The van der Waals surface area contributed by atoms with E-state index in [1.807, 2.05) is 6.07 Å². The zero-order valence-electron chi connectivity index (χ0n) is 17.3. The Kier molecular flexibility index (Phi) is 7.69. The van der Waals surface area contributed by atoms with Crippen LogP contribution < -0.4 is 10.6 Å². The Hall–Kier alpha value is -2.42. The number of amides is 2. The van der Waals surface area contributed by atoms with Gasteiger partial charge in [0.2, 0.25) is 21.8 Å². The van der Waals surface area contributed by atoms with Crippen LogP contribution in [0.3, 0.4) is 0 Å². The Labute approximate surface area is 187 Å². The fourth-order valence-corrected chi connectivity index (χ4v) is 5.26. The third kappa shape index (κ3) is 6.06. The molecule has 166 valence electrons. The zero-order valence-corrected chi connectivity index (χ0v) is 18.8. The lowest BCUT2D eigenvalue weighted by atomic mass is 9.98. The Morgan fingerprint density at radius 1 is 1.16 bits per heavy atom. The van der Waals surface area contributed by atoms with Gasteiger partial charge in [-0.05, 0) is 49.6 Å². The van der Waals surface area contributed by atoms with Crippen LogP contribution in [-0.4, -0.2) is 43.7 Å². The summed E-state index contributed by atoms with van der Waals surface area (Å²) < 4.78 is 27.0. The maximum Gasteiger partial charge on any atom is 0.243 e. The maximum absolute atomic E-state index is 12.9. The van der Waals surface area contributed by atoms with Crippen molar-refractivity contribution in [2.45, 2.75) is 37.2 Å². The van der Waals surface area contributed by atoms with E-state index in [-0.39, 0.29) is 23.3 Å². The number of carbonyl (C=O) groups is 2. The summed E-state index contributed by atoms with van der Waals surface area (Å²) >= 11 is 5.94. The lowest BCUT2D eigenvalue weighted by Gasteiger charge is -2.31. The SMILES string of the molecule is C[C@@H](NC(=O)C1CCCN(S(=O)(=O)c2ccccc2)C1)C(=O)NCc1cccc(Cl)c1. The predicted molar refractivity (Wildman–Crippen MR) is 119 cm³/mol. The Balaban J connectivity index is 1.55. The van der Waals surface area contributed by atoms with E-state index in [9.17, 15) is 18.0 Å². The third-order valence-corrected chi connectivity index (χ3v) is 7.36. The molecule has 2 N–H and O–H groups in total. The molecule has 9 heteroatoms. The summed E-state index contributed by atoms with van der Waals surface area (Å²) in [6, 6.07) is 14.6. The maximum atomic E-state index is 12.9. The van der Waals surface area contributed by atoms with E-state index in [2.05, 4.69) is 10.6 Å². The summed E-state index contributed by atoms with van der Waals surface area (Å²) in [7, 11) is -3.65. The van der Waals surface area contributed by atoms with E-state index in [1.165, 1.54) is 4.31 Å². The molecule has 0 aromatic heterocycles. The van der Waals surface area contributed by atoms with Crippen molar-refractivity contribution in [3.8, 4) is 0 Å². The second kappa shape index (κ2) is 10.3. The van der Waals surface area contributed by atoms with Gasteiger partial charge in [0.25, 0.3) is 0 Å². The quantitative estimate of drug-likeness (QED) is 0.659. The minimum atomic E-state index is -3.65. The van der Waals surface area contributed by atoms with Gasteiger partial charge in [-0.1, -0.05) is 41.9 Å². The molecule has 0 saturated carbocycles. The molecule has 1 fully saturated rings. The van der Waals surface area contributed by atoms with E-state index in [0.29, 0.717) is 31.0 Å². The Morgan fingerprint density at radius 3 is 2.61 bits per heavy atom. The molecule has 2 aromatic rings. The fourth-order valence-electron chi connectivity index (χ4n) is 3.50. The van der Waals surface area contributed by atoms with E-state index in [4.69, 9.17) is 11.6 Å². The molecular weight excluding hydrogens is 438 g/mol. The monoisotopic (exact) mass is 463 g/mol. The number of nitrogens with zero attached hydrogens (tertiary/aromatic N) is 1. The molecule has 0 radical (unpaired) electrons. The summed E-state index contributed by atoms with van der Waals surface area (Å²) in [5, 5.41) is 6.06. The molecule has 1 aliphatic rings. The standard InChI is InChI=1S/C22H26ClN3O4S/c1-16(21(27)24-14-17-7-5-9-19(23)13-17)25-22(28)18-8-6-12-26(15-18)31(29,30)20-10-3-2-4-11-20/h2-5,7,9-11,13,16,18H,6,8,12,14-15H2,1H3,(H,24,27)(H,25,28)/t16-,18?/m1/s1. The summed E-state index contributed by atoms with van der Waals surface area (Å²) in [5.74, 6) is -1.15. The molecule has 7 nitrogen and oxygen atoms in total. The molecule has 1 saturated heterocycles. The molecule has 3 rings (SSSR count). The summed E-state index contributed by atoms with van der Waals surface area (Å²) in [6.07, 6.45) is 1.16. The summed E-state index contributed by atoms with van der Waals surface area (Å²) in [4.78, 5) is 25.3. The van der Waals surface area contributed by atoms with Crippen molar-refractivity contribution in [1.82, 2.24) is 14.9 Å². The van der Waals surface area contributed by atoms with Crippen LogP contribution in [0.5, 0.6) is 0 Å². The highest BCUT2D eigenvalue weighted by atomic mass is 35.5. The van der Waals surface area contributed by atoms with Crippen molar-refractivity contribution in [3.05, 3.63) is 65.2 Å². The van der Waals surface area contributed by atoms with Crippen molar-refractivity contribution in [2.24, 2.45) is 5.92 Å². The van der Waals surface area contributed by atoms with E-state index in [0.717, 1.165) is 5.56 Å². The highest BCUT2D eigenvalue weighted by Crippen LogP contribution is 2.24. The summed E-state index contributed by atoms with van der Waals surface area (Å²) in [6.45, 7) is 2.37. The summed E-state index contributed by atoms with van der Waals surface area (Å²) in [5.41, 5.74) is 0.855. The first-order valence-electron chi connectivity index (χ1n) is 10.1. The largest absolute Gasteiger partial charge is 0.350 e. The van der Waals surface area contributed by atoms with Crippen LogP contribution in [-0.2, 0) is 26.2 Å². The molecular formula is C22H26ClN3O4S. The van der Waals surface area contributed by atoms with Gasteiger partial charge < -0.3 is 10.6 Å². The van der Waals surface area contributed by atoms with Gasteiger partial charge in [0.1, 0.15) is 6.04 Å². The topological polar surface area (TPSA) is 95.6 Å². The lowest BCUT2D eigenvalue weighted by Crippen LogP contribution is -2.50. The molecule has 0 spiro atoms. The van der Waals surface area contributed by atoms with E-state index < -0.39 is 22.0 Å². The number of piperidine rings is 1. The van der Waals surface area contributed by atoms with Gasteiger partial charge in [-0.15, -0.1) is 0 Å². The number of hydrogen-bond donors (Lipinski definition) is 2. The highest BCUT2D eigenvalue weighted by molar-refractivity contribution is 7.89. The van der Waals surface area contributed by atoms with Gasteiger partial charge in [-0.3, -0.25) is 9.59 Å². The third-order valence-electron chi connectivity index (χ3n) is 5.24. The molecule has 0 bridgehead atoms. The number of hydrogen-bond acceptors (Lipinski definition) is 4. The predicted octanol–water partition coefficient (Wildman–Crippen LogP) is 2.56. The van der Waals surface area contributed by atoms with Gasteiger partial charge in [-0.2, -0.15) is 4.31 Å². The first kappa shape index (κ1) is 23.2. The Bertz CT molecular complexity index is 1030. The van der Waals surface area contributed by atoms with Gasteiger partial charge in [0.15, 0.2) is 0 Å². The molecule has 2 amide bonds.